The highest BCUT2D eigenvalue weighted by atomic mass is 32.2. The van der Waals surface area contributed by atoms with E-state index >= 15 is 0 Å². The SMILES string of the molecule is CCCCC(C)(F)C(=O)NCc1cc(=O)[nH]c(SC)n1. The van der Waals surface area contributed by atoms with E-state index in [9.17, 15) is 14.0 Å². The van der Waals surface area contributed by atoms with Crippen LogP contribution >= 0.6 is 11.8 Å². The Kier molecular flexibility index (Phi) is 6.19. The molecule has 0 aliphatic heterocycles. The second-order valence-corrected chi connectivity index (χ2v) is 5.52. The van der Waals surface area contributed by atoms with E-state index in [4.69, 9.17) is 0 Å². The fraction of sp³-hybridized carbons (Fsp3) is 0.615. The Balaban J connectivity index is 2.65. The van der Waals surface area contributed by atoms with Crippen molar-refractivity contribution in [2.24, 2.45) is 0 Å². The van der Waals surface area contributed by atoms with Crippen LogP contribution in [0.25, 0.3) is 0 Å². The summed E-state index contributed by atoms with van der Waals surface area (Å²) in [7, 11) is 0. The standard InChI is InChI=1S/C13H20FN3O2S/c1-4-5-6-13(2,14)11(19)15-8-9-7-10(18)17-12(16-9)20-3/h7H,4-6,8H2,1-3H3,(H,15,19)(H,16,17,18). The van der Waals surface area contributed by atoms with Crippen molar-refractivity contribution in [2.45, 2.75) is 50.5 Å². The third-order valence-electron chi connectivity index (χ3n) is 2.87. The molecular formula is C13H20FN3O2S. The average Bonchev–Trinajstić information content (AvgIpc) is 2.41. The molecule has 0 aliphatic carbocycles. The number of alkyl halides is 1. The lowest BCUT2D eigenvalue weighted by molar-refractivity contribution is -0.132. The molecule has 0 bridgehead atoms. The minimum atomic E-state index is -1.89. The van der Waals surface area contributed by atoms with Gasteiger partial charge in [-0.25, -0.2) is 9.37 Å². The number of unbranched alkanes of at least 4 members (excludes halogenated alkanes) is 1. The number of hydrogen-bond acceptors (Lipinski definition) is 4. The summed E-state index contributed by atoms with van der Waals surface area (Å²) >= 11 is 1.29. The van der Waals surface area contributed by atoms with Crippen LogP contribution < -0.4 is 10.9 Å². The molecule has 0 saturated heterocycles. The normalized spacial score (nSPS) is 13.8. The molecule has 1 aromatic heterocycles. The second-order valence-electron chi connectivity index (χ2n) is 4.73. The molecule has 1 unspecified atom stereocenters. The summed E-state index contributed by atoms with van der Waals surface area (Å²) in [6, 6.07) is 1.29. The first-order valence-electron chi connectivity index (χ1n) is 6.50. The Hall–Kier alpha value is -1.37. The molecule has 7 heteroatoms. The van der Waals surface area contributed by atoms with Crippen LogP contribution in [-0.2, 0) is 11.3 Å². The van der Waals surface area contributed by atoms with Gasteiger partial charge in [0.1, 0.15) is 0 Å². The predicted molar refractivity (Wildman–Crippen MR) is 77.5 cm³/mol. The minimum absolute atomic E-state index is 0.0436. The Morgan fingerprint density at radius 2 is 2.30 bits per heavy atom. The molecule has 0 saturated carbocycles. The number of nitrogens with one attached hydrogen (secondary N) is 2. The minimum Gasteiger partial charge on any atom is -0.348 e. The average molecular weight is 301 g/mol. The van der Waals surface area contributed by atoms with E-state index in [0.29, 0.717) is 17.3 Å². The fourth-order valence-corrected chi connectivity index (χ4v) is 2.06. The van der Waals surface area contributed by atoms with Crippen molar-refractivity contribution < 1.29 is 9.18 Å². The van der Waals surface area contributed by atoms with Gasteiger partial charge in [-0.15, -0.1) is 0 Å². The molecule has 5 nitrogen and oxygen atoms in total. The number of rotatable bonds is 7. The Labute approximate surface area is 121 Å². The number of halogens is 1. The molecule has 1 heterocycles. The zero-order valence-corrected chi connectivity index (χ0v) is 12.8. The van der Waals surface area contributed by atoms with Crippen LogP contribution in [0.3, 0.4) is 0 Å². The number of carbonyl (C=O) groups excluding carboxylic acids is 1. The summed E-state index contributed by atoms with van der Waals surface area (Å²) in [5.74, 6) is -0.668. The number of amides is 1. The number of aromatic amines is 1. The van der Waals surface area contributed by atoms with Crippen LogP contribution in [0.4, 0.5) is 4.39 Å². The first kappa shape index (κ1) is 16.7. The molecule has 20 heavy (non-hydrogen) atoms. The first-order chi connectivity index (χ1) is 9.39. The smallest absolute Gasteiger partial charge is 0.257 e. The lowest BCUT2D eigenvalue weighted by atomic mass is 10.0. The van der Waals surface area contributed by atoms with Crippen LogP contribution in [0.5, 0.6) is 0 Å². The van der Waals surface area contributed by atoms with Gasteiger partial charge in [-0.1, -0.05) is 31.5 Å². The highest BCUT2D eigenvalue weighted by Crippen LogP contribution is 2.19. The summed E-state index contributed by atoms with van der Waals surface area (Å²) in [4.78, 5) is 29.8. The maximum Gasteiger partial charge on any atom is 0.257 e. The highest BCUT2D eigenvalue weighted by Gasteiger charge is 2.31. The molecule has 1 aromatic rings. The van der Waals surface area contributed by atoms with Gasteiger partial charge in [-0.05, 0) is 19.6 Å². The van der Waals surface area contributed by atoms with Crippen molar-refractivity contribution in [2.75, 3.05) is 6.26 Å². The lowest BCUT2D eigenvalue weighted by Gasteiger charge is -2.19. The second kappa shape index (κ2) is 7.42. The third kappa shape index (κ3) is 4.96. The molecular weight excluding hydrogens is 281 g/mol. The summed E-state index contributed by atoms with van der Waals surface area (Å²) in [5, 5.41) is 2.96. The van der Waals surface area contributed by atoms with Crippen molar-refractivity contribution in [3.63, 3.8) is 0 Å². The lowest BCUT2D eigenvalue weighted by Crippen LogP contribution is -2.41. The van der Waals surface area contributed by atoms with E-state index in [1.165, 1.54) is 24.8 Å². The van der Waals surface area contributed by atoms with Gasteiger partial charge in [-0.2, -0.15) is 0 Å². The largest absolute Gasteiger partial charge is 0.348 e. The molecule has 0 radical (unpaired) electrons. The molecule has 1 atom stereocenters. The monoisotopic (exact) mass is 301 g/mol. The maximum atomic E-state index is 14.1. The zero-order valence-electron chi connectivity index (χ0n) is 12.0. The van der Waals surface area contributed by atoms with Gasteiger partial charge in [0, 0.05) is 6.07 Å². The van der Waals surface area contributed by atoms with Crippen molar-refractivity contribution >= 4 is 17.7 Å². The molecule has 0 fully saturated rings. The predicted octanol–water partition coefficient (Wildman–Crippen LogP) is 2.03. The number of H-pyrrole nitrogens is 1. The van der Waals surface area contributed by atoms with E-state index in [1.807, 2.05) is 6.92 Å². The van der Waals surface area contributed by atoms with Gasteiger partial charge in [0.2, 0.25) is 0 Å². The Morgan fingerprint density at radius 3 is 2.90 bits per heavy atom. The van der Waals surface area contributed by atoms with Crippen LogP contribution in [-0.4, -0.2) is 27.8 Å². The zero-order chi connectivity index (χ0) is 15.2. The number of aromatic nitrogens is 2. The molecule has 1 rings (SSSR count). The van der Waals surface area contributed by atoms with Crippen LogP contribution in [0.15, 0.2) is 16.0 Å². The van der Waals surface area contributed by atoms with Crippen molar-refractivity contribution in [1.29, 1.82) is 0 Å². The number of hydrogen-bond donors (Lipinski definition) is 2. The maximum absolute atomic E-state index is 14.1. The Bertz CT molecular complexity index is 517. The van der Waals surface area contributed by atoms with Gasteiger partial charge < -0.3 is 10.3 Å². The van der Waals surface area contributed by atoms with Crippen LogP contribution in [0.2, 0.25) is 0 Å². The van der Waals surface area contributed by atoms with Gasteiger partial charge >= 0.3 is 0 Å². The molecule has 0 spiro atoms. The molecule has 112 valence electrons. The van der Waals surface area contributed by atoms with Gasteiger partial charge in [0.25, 0.3) is 11.5 Å². The molecule has 0 aromatic carbocycles. The highest BCUT2D eigenvalue weighted by molar-refractivity contribution is 7.98. The van der Waals surface area contributed by atoms with E-state index in [1.54, 1.807) is 6.26 Å². The summed E-state index contributed by atoms with van der Waals surface area (Å²) in [5.41, 5.74) is -1.76. The number of thioether (sulfide) groups is 1. The third-order valence-corrected chi connectivity index (χ3v) is 3.45. The fourth-order valence-electron chi connectivity index (χ4n) is 1.65. The van der Waals surface area contributed by atoms with E-state index in [-0.39, 0.29) is 18.5 Å². The van der Waals surface area contributed by atoms with Gasteiger partial charge in [0.15, 0.2) is 10.8 Å². The van der Waals surface area contributed by atoms with Gasteiger partial charge in [-0.3, -0.25) is 9.59 Å². The quantitative estimate of drug-likeness (QED) is 0.597. The molecule has 1 amide bonds. The van der Waals surface area contributed by atoms with Crippen molar-refractivity contribution in [3.05, 3.63) is 22.1 Å². The van der Waals surface area contributed by atoms with Crippen LogP contribution in [0.1, 0.15) is 38.8 Å². The molecule has 0 aliphatic rings. The summed E-state index contributed by atoms with van der Waals surface area (Å²) in [6.07, 6.45) is 3.46. The van der Waals surface area contributed by atoms with E-state index < -0.39 is 11.6 Å². The Morgan fingerprint density at radius 1 is 1.60 bits per heavy atom. The van der Waals surface area contributed by atoms with E-state index in [0.717, 1.165) is 6.42 Å². The number of carbonyl (C=O) groups is 1. The van der Waals surface area contributed by atoms with Crippen molar-refractivity contribution in [3.8, 4) is 0 Å². The summed E-state index contributed by atoms with van der Waals surface area (Å²) < 4.78 is 14.1. The van der Waals surface area contributed by atoms with Crippen molar-refractivity contribution in [1.82, 2.24) is 15.3 Å². The first-order valence-corrected chi connectivity index (χ1v) is 7.73. The van der Waals surface area contributed by atoms with Gasteiger partial charge in [0.05, 0.1) is 12.2 Å². The summed E-state index contributed by atoms with van der Waals surface area (Å²) in [6.45, 7) is 3.26. The molecule has 2 N–H and O–H groups in total. The topological polar surface area (TPSA) is 74.8 Å². The number of nitrogens with zero attached hydrogens (tertiary/aromatic N) is 1. The van der Waals surface area contributed by atoms with Crippen LogP contribution in [0, 0.1) is 0 Å². The van der Waals surface area contributed by atoms with E-state index in [2.05, 4.69) is 15.3 Å².